The van der Waals surface area contributed by atoms with Crippen molar-refractivity contribution in [2.45, 2.75) is 69.6 Å². The second-order valence-electron chi connectivity index (χ2n) is 12.2. The number of alkyl halides is 3. The normalized spacial score (nSPS) is 20.5. The fourth-order valence-electron chi connectivity index (χ4n) is 7.12. The molecule has 5 heterocycles. The first-order chi connectivity index (χ1) is 21.3. The zero-order valence-corrected chi connectivity index (χ0v) is 24.6. The quantitative estimate of drug-likeness (QED) is 0.342. The van der Waals surface area contributed by atoms with Crippen LogP contribution >= 0.6 is 0 Å². The van der Waals surface area contributed by atoms with Crippen molar-refractivity contribution in [1.82, 2.24) is 24.8 Å². The number of amides is 1. The second-order valence-corrected chi connectivity index (χ2v) is 12.2. The first-order valence-corrected chi connectivity index (χ1v) is 15.7. The second kappa shape index (κ2) is 12.1. The van der Waals surface area contributed by atoms with E-state index in [1.165, 1.54) is 0 Å². The highest BCUT2D eigenvalue weighted by Crippen LogP contribution is 2.41. The van der Waals surface area contributed by atoms with Gasteiger partial charge in [0.15, 0.2) is 0 Å². The van der Waals surface area contributed by atoms with Gasteiger partial charge < -0.3 is 30.0 Å². The number of ether oxygens (including phenoxy) is 2. The SMILES string of the molecule is O=C(c1ccc(Nc2nc(NC3CCCCC3)c3c(C(F)(F)F)c[nH]c3n2)c2c1CCO2)N1CCC(N2CCOCC2)CC1. The van der Waals surface area contributed by atoms with Crippen molar-refractivity contribution >= 4 is 34.4 Å². The van der Waals surface area contributed by atoms with Crippen LogP contribution in [0.1, 0.15) is 66.4 Å². The minimum absolute atomic E-state index is 0.00132. The predicted octanol–water partition coefficient (Wildman–Crippen LogP) is 5.34. The molecule has 0 radical (unpaired) electrons. The van der Waals surface area contributed by atoms with Gasteiger partial charge in [0, 0.05) is 62.0 Å². The number of nitrogens with zero attached hydrogens (tertiary/aromatic N) is 4. The van der Waals surface area contributed by atoms with Gasteiger partial charge in [0.25, 0.3) is 5.91 Å². The predicted molar refractivity (Wildman–Crippen MR) is 160 cm³/mol. The van der Waals surface area contributed by atoms with Crippen molar-refractivity contribution in [3.8, 4) is 5.75 Å². The number of hydrogen-bond acceptors (Lipinski definition) is 8. The number of morpholine rings is 1. The average molecular weight is 614 g/mol. The number of halogens is 3. The lowest BCUT2D eigenvalue weighted by atomic mass is 9.95. The van der Waals surface area contributed by atoms with Crippen molar-refractivity contribution in [3.63, 3.8) is 0 Å². The van der Waals surface area contributed by atoms with E-state index >= 15 is 0 Å². The molecular formula is C31H38F3N7O3. The maximum Gasteiger partial charge on any atom is 0.418 e. The number of benzene rings is 1. The zero-order valence-electron chi connectivity index (χ0n) is 24.6. The highest BCUT2D eigenvalue weighted by atomic mass is 19.4. The van der Waals surface area contributed by atoms with Crippen LogP contribution in [0.25, 0.3) is 11.0 Å². The highest BCUT2D eigenvalue weighted by Gasteiger charge is 2.36. The van der Waals surface area contributed by atoms with Crippen LogP contribution in [0.3, 0.4) is 0 Å². The van der Waals surface area contributed by atoms with Gasteiger partial charge in [-0.15, -0.1) is 0 Å². The number of aromatic nitrogens is 3. The third kappa shape index (κ3) is 5.79. The molecule has 0 atom stereocenters. The lowest BCUT2D eigenvalue weighted by Gasteiger charge is -2.40. The van der Waals surface area contributed by atoms with Gasteiger partial charge in [0.1, 0.15) is 17.2 Å². The first kappa shape index (κ1) is 29.1. The molecule has 4 aliphatic rings. The van der Waals surface area contributed by atoms with E-state index in [1.807, 2.05) is 11.0 Å². The Morgan fingerprint density at radius 3 is 2.50 bits per heavy atom. The van der Waals surface area contributed by atoms with Crippen molar-refractivity contribution < 1.29 is 27.4 Å². The van der Waals surface area contributed by atoms with E-state index in [4.69, 9.17) is 9.47 Å². The fourth-order valence-corrected chi connectivity index (χ4v) is 7.12. The Balaban J connectivity index is 1.12. The monoisotopic (exact) mass is 613 g/mol. The van der Waals surface area contributed by atoms with Crippen LogP contribution in [0.15, 0.2) is 18.3 Å². The Morgan fingerprint density at radius 1 is 0.977 bits per heavy atom. The van der Waals surface area contributed by atoms with Crippen molar-refractivity contribution in [3.05, 3.63) is 35.0 Å². The summed E-state index contributed by atoms with van der Waals surface area (Å²) in [6.45, 7) is 5.27. The third-order valence-corrected chi connectivity index (χ3v) is 9.43. The topological polar surface area (TPSA) is 108 Å². The molecular weight excluding hydrogens is 575 g/mol. The number of carbonyl (C=O) groups is 1. The molecule has 7 rings (SSSR count). The lowest BCUT2D eigenvalue weighted by Crippen LogP contribution is -2.50. The maximum atomic E-state index is 13.9. The lowest BCUT2D eigenvalue weighted by molar-refractivity contribution is -0.136. The fraction of sp³-hybridized carbons (Fsp3) is 0.581. The van der Waals surface area contributed by atoms with E-state index in [1.54, 1.807) is 6.07 Å². The summed E-state index contributed by atoms with van der Waals surface area (Å²) in [5, 5.41) is 6.40. The third-order valence-electron chi connectivity index (χ3n) is 9.43. The molecule has 13 heteroatoms. The number of fused-ring (bicyclic) bond motifs is 2. The van der Waals surface area contributed by atoms with Gasteiger partial charge in [-0.25, -0.2) is 0 Å². The summed E-state index contributed by atoms with van der Waals surface area (Å²) in [5.74, 6) is 0.865. The molecule has 1 amide bonds. The van der Waals surface area contributed by atoms with Crippen LogP contribution in [0, 0.1) is 0 Å². The zero-order chi connectivity index (χ0) is 30.3. The highest BCUT2D eigenvalue weighted by molar-refractivity contribution is 5.98. The Hall–Kier alpha value is -3.58. The van der Waals surface area contributed by atoms with Crippen molar-refractivity contribution in [1.29, 1.82) is 0 Å². The van der Waals surface area contributed by atoms with Crippen molar-refractivity contribution in [2.24, 2.45) is 0 Å². The van der Waals surface area contributed by atoms with E-state index in [0.717, 1.165) is 83.0 Å². The minimum Gasteiger partial charge on any atom is -0.491 e. The molecule has 1 aromatic carbocycles. The van der Waals surface area contributed by atoms with E-state index in [-0.39, 0.29) is 34.7 Å². The largest absolute Gasteiger partial charge is 0.491 e. The number of hydrogen-bond donors (Lipinski definition) is 3. The van der Waals surface area contributed by atoms with E-state index in [2.05, 4.69) is 30.5 Å². The Labute approximate surface area is 253 Å². The van der Waals surface area contributed by atoms with Gasteiger partial charge in [0.2, 0.25) is 5.95 Å². The average Bonchev–Trinajstić information content (AvgIpc) is 3.71. The maximum absolute atomic E-state index is 13.9. The molecule has 10 nitrogen and oxygen atoms in total. The molecule has 1 aliphatic carbocycles. The summed E-state index contributed by atoms with van der Waals surface area (Å²) >= 11 is 0. The van der Waals surface area contributed by atoms with E-state index < -0.39 is 11.7 Å². The number of nitrogens with one attached hydrogen (secondary N) is 3. The summed E-state index contributed by atoms with van der Waals surface area (Å²) in [6, 6.07) is 4.10. The molecule has 44 heavy (non-hydrogen) atoms. The van der Waals surface area contributed by atoms with E-state index in [0.29, 0.717) is 49.2 Å². The first-order valence-electron chi connectivity index (χ1n) is 15.7. The summed E-state index contributed by atoms with van der Waals surface area (Å²) in [4.78, 5) is 29.7. The van der Waals surface area contributed by atoms with Gasteiger partial charge in [-0.1, -0.05) is 19.3 Å². The number of anilines is 3. The smallest absolute Gasteiger partial charge is 0.418 e. The van der Waals surface area contributed by atoms with Gasteiger partial charge in [-0.05, 0) is 37.8 Å². The minimum atomic E-state index is -4.55. The van der Waals surface area contributed by atoms with Crippen LogP contribution in [0.5, 0.6) is 5.75 Å². The molecule has 0 unspecified atom stereocenters. The summed E-state index contributed by atoms with van der Waals surface area (Å²) in [5.41, 5.74) is 1.33. The number of H-pyrrole nitrogens is 1. The summed E-state index contributed by atoms with van der Waals surface area (Å²) < 4.78 is 53.1. The molecule has 0 bridgehead atoms. The molecule has 3 fully saturated rings. The molecule has 2 aromatic heterocycles. The Morgan fingerprint density at radius 2 is 1.75 bits per heavy atom. The molecule has 3 aliphatic heterocycles. The number of carbonyl (C=O) groups excluding carboxylic acids is 1. The van der Waals surface area contributed by atoms with Crippen LogP contribution < -0.4 is 15.4 Å². The number of piperidine rings is 1. The Bertz CT molecular complexity index is 1510. The summed E-state index contributed by atoms with van der Waals surface area (Å²) in [6.07, 6.45) is 3.80. The van der Waals surface area contributed by atoms with Gasteiger partial charge in [0.05, 0.1) is 36.5 Å². The van der Waals surface area contributed by atoms with Crippen LogP contribution in [0.4, 0.5) is 30.6 Å². The van der Waals surface area contributed by atoms with Crippen LogP contribution in [-0.2, 0) is 17.3 Å². The van der Waals surface area contributed by atoms with Gasteiger partial charge in [-0.3, -0.25) is 9.69 Å². The standard InChI is InChI=1S/C31H38F3N7O3/c32-31(33,34)23-18-35-27-25(23)28(36-19-4-2-1-3-5-19)39-30(38-27)37-24-7-6-22(21-10-15-44-26(21)24)29(42)41-11-8-20(9-12-41)40-13-16-43-17-14-40/h6-7,18-20H,1-5,8-17H2,(H3,35,36,37,38,39). The van der Waals surface area contributed by atoms with Crippen molar-refractivity contribution in [2.75, 3.05) is 56.6 Å². The molecule has 2 saturated heterocycles. The summed E-state index contributed by atoms with van der Waals surface area (Å²) in [7, 11) is 0. The molecule has 236 valence electrons. The molecule has 0 spiro atoms. The number of rotatable bonds is 6. The number of likely N-dealkylation sites (tertiary alicyclic amines) is 1. The van der Waals surface area contributed by atoms with Gasteiger partial charge >= 0.3 is 6.18 Å². The van der Waals surface area contributed by atoms with Crippen LogP contribution in [-0.4, -0.2) is 88.7 Å². The number of aromatic amines is 1. The van der Waals surface area contributed by atoms with Gasteiger partial charge in [-0.2, -0.15) is 23.1 Å². The Kier molecular flexibility index (Phi) is 8.00. The van der Waals surface area contributed by atoms with E-state index in [9.17, 15) is 18.0 Å². The molecule has 3 aromatic rings. The molecule has 1 saturated carbocycles. The van der Waals surface area contributed by atoms with Crippen LogP contribution in [0.2, 0.25) is 0 Å². The molecule has 3 N–H and O–H groups in total.